The smallest absolute Gasteiger partial charge is 0.246 e. The molecule has 5 rings (SSSR count). The molecule has 1 fully saturated rings. The van der Waals surface area contributed by atoms with Crippen LogP contribution < -0.4 is 4.90 Å². The van der Waals surface area contributed by atoms with Crippen LogP contribution in [0, 0.1) is 17.5 Å². The largest absolute Gasteiger partial charge is 0.355 e. The van der Waals surface area contributed by atoms with Gasteiger partial charge in [0.15, 0.2) is 0 Å². The molecule has 1 saturated heterocycles. The van der Waals surface area contributed by atoms with E-state index in [1.54, 1.807) is 22.7 Å². The quantitative estimate of drug-likeness (QED) is 0.439. The Bertz CT molecular complexity index is 1460. The third-order valence-electron chi connectivity index (χ3n) is 5.74. The number of hydrogen-bond acceptors (Lipinski definition) is 5. The summed E-state index contributed by atoms with van der Waals surface area (Å²) in [5.41, 5.74) is 1.41. The SMILES string of the molecule is O=S(=O)(c1ccc(F)cc1F)N1CCCN(c2ccn3cc(-c4ccc(F)cc4)nc3n2)CC1. The number of nitrogens with zero attached hydrogens (tertiary/aromatic N) is 5. The Labute approximate surface area is 194 Å². The summed E-state index contributed by atoms with van der Waals surface area (Å²) in [5, 5.41) is 0. The lowest BCUT2D eigenvalue weighted by Gasteiger charge is -2.22. The highest BCUT2D eigenvalue weighted by Gasteiger charge is 2.30. The van der Waals surface area contributed by atoms with Crippen molar-refractivity contribution in [3.05, 3.63) is 78.4 Å². The number of anilines is 1. The predicted octanol–water partition coefficient (Wildman–Crippen LogP) is 3.71. The summed E-state index contributed by atoms with van der Waals surface area (Å²) in [6.07, 6.45) is 4.11. The molecule has 4 aromatic rings. The molecule has 0 amide bonds. The Hall–Kier alpha value is -3.44. The van der Waals surface area contributed by atoms with Crippen LogP contribution in [-0.2, 0) is 10.0 Å². The number of sulfonamides is 1. The second-order valence-corrected chi connectivity index (χ2v) is 9.85. The molecule has 34 heavy (non-hydrogen) atoms. The second-order valence-electron chi connectivity index (χ2n) is 7.95. The number of rotatable bonds is 4. The van der Waals surface area contributed by atoms with Gasteiger partial charge in [-0.05, 0) is 48.9 Å². The van der Waals surface area contributed by atoms with Gasteiger partial charge in [0.25, 0.3) is 0 Å². The molecule has 0 atom stereocenters. The highest BCUT2D eigenvalue weighted by molar-refractivity contribution is 7.89. The average Bonchev–Trinajstić information content (AvgIpc) is 3.06. The van der Waals surface area contributed by atoms with E-state index in [1.165, 1.54) is 16.4 Å². The molecule has 0 radical (unpaired) electrons. The lowest BCUT2D eigenvalue weighted by Crippen LogP contribution is -2.35. The predicted molar refractivity (Wildman–Crippen MR) is 120 cm³/mol. The molecule has 0 N–H and O–H groups in total. The van der Waals surface area contributed by atoms with Crippen LogP contribution in [0.5, 0.6) is 0 Å². The van der Waals surface area contributed by atoms with Gasteiger partial charge in [0.05, 0.1) is 5.69 Å². The molecule has 176 valence electrons. The number of imidazole rings is 1. The first-order chi connectivity index (χ1) is 16.3. The zero-order valence-corrected chi connectivity index (χ0v) is 18.7. The van der Waals surface area contributed by atoms with Gasteiger partial charge in [-0.25, -0.2) is 26.6 Å². The fraction of sp³-hybridized carbons (Fsp3) is 0.217. The zero-order valence-electron chi connectivity index (χ0n) is 17.9. The van der Waals surface area contributed by atoms with Crippen molar-refractivity contribution in [2.45, 2.75) is 11.3 Å². The molecule has 11 heteroatoms. The third kappa shape index (κ3) is 4.24. The van der Waals surface area contributed by atoms with Gasteiger partial charge in [-0.3, -0.25) is 4.40 Å². The van der Waals surface area contributed by atoms with E-state index in [-0.39, 0.29) is 18.9 Å². The fourth-order valence-corrected chi connectivity index (χ4v) is 5.50. The van der Waals surface area contributed by atoms with E-state index >= 15 is 0 Å². The summed E-state index contributed by atoms with van der Waals surface area (Å²) >= 11 is 0. The maximum Gasteiger partial charge on any atom is 0.246 e. The van der Waals surface area contributed by atoms with Gasteiger partial charge in [0.1, 0.15) is 28.2 Å². The summed E-state index contributed by atoms with van der Waals surface area (Å²) in [7, 11) is -4.10. The molecule has 7 nitrogen and oxygen atoms in total. The van der Waals surface area contributed by atoms with E-state index in [1.807, 2.05) is 17.2 Å². The van der Waals surface area contributed by atoms with Gasteiger partial charge in [-0.15, -0.1) is 0 Å². The summed E-state index contributed by atoms with van der Waals surface area (Å²) in [6.45, 7) is 1.22. The first kappa shape index (κ1) is 22.4. The minimum atomic E-state index is -4.10. The first-order valence-electron chi connectivity index (χ1n) is 10.6. The maximum absolute atomic E-state index is 14.1. The fourth-order valence-electron chi connectivity index (χ4n) is 3.99. The number of benzene rings is 2. The molecular weight excluding hydrogens is 467 g/mol. The van der Waals surface area contributed by atoms with Crippen LogP contribution in [0.4, 0.5) is 19.0 Å². The van der Waals surface area contributed by atoms with E-state index in [0.717, 1.165) is 17.7 Å². The molecule has 0 unspecified atom stereocenters. The standard InChI is InChI=1S/C23H20F3N5O2S/c24-17-4-2-16(3-5-17)20-15-30-11-8-22(28-23(30)27-20)29-9-1-10-31(13-12-29)34(32,33)21-7-6-18(25)14-19(21)26/h2-8,11,14-15H,1,9-10,12-13H2. The number of aromatic nitrogens is 3. The van der Waals surface area contributed by atoms with Crippen molar-refractivity contribution >= 4 is 21.6 Å². The lowest BCUT2D eigenvalue weighted by molar-refractivity contribution is 0.428. The van der Waals surface area contributed by atoms with Crippen molar-refractivity contribution in [2.24, 2.45) is 0 Å². The molecular formula is C23H20F3N5O2S. The van der Waals surface area contributed by atoms with Gasteiger partial charge in [-0.1, -0.05) is 0 Å². The summed E-state index contributed by atoms with van der Waals surface area (Å²) in [5.74, 6) is -1.17. The normalized spacial score (nSPS) is 15.6. The van der Waals surface area contributed by atoms with Gasteiger partial charge in [0.2, 0.25) is 15.8 Å². The van der Waals surface area contributed by atoms with E-state index in [4.69, 9.17) is 0 Å². The van der Waals surface area contributed by atoms with Crippen LogP contribution in [0.3, 0.4) is 0 Å². The van der Waals surface area contributed by atoms with E-state index in [0.29, 0.717) is 42.9 Å². The van der Waals surface area contributed by atoms with Gasteiger partial charge in [-0.2, -0.15) is 9.29 Å². The minimum Gasteiger partial charge on any atom is -0.355 e. The molecule has 0 saturated carbocycles. The highest BCUT2D eigenvalue weighted by atomic mass is 32.2. The summed E-state index contributed by atoms with van der Waals surface area (Å²) in [6, 6.07) is 10.3. The minimum absolute atomic E-state index is 0.126. The van der Waals surface area contributed by atoms with Crippen molar-refractivity contribution in [1.82, 2.24) is 18.7 Å². The lowest BCUT2D eigenvalue weighted by atomic mass is 10.2. The summed E-state index contributed by atoms with van der Waals surface area (Å²) in [4.78, 5) is 10.5. The molecule has 0 spiro atoms. The van der Waals surface area contributed by atoms with Gasteiger partial charge < -0.3 is 4.90 Å². The Morgan fingerprint density at radius 3 is 2.35 bits per heavy atom. The molecule has 2 aromatic heterocycles. The Morgan fingerprint density at radius 1 is 0.824 bits per heavy atom. The zero-order chi connectivity index (χ0) is 23.9. The maximum atomic E-state index is 14.1. The number of halogens is 3. The van der Waals surface area contributed by atoms with Crippen LogP contribution in [-0.4, -0.2) is 53.3 Å². The van der Waals surface area contributed by atoms with Crippen LogP contribution in [0.15, 0.2) is 65.8 Å². The van der Waals surface area contributed by atoms with E-state index < -0.39 is 26.6 Å². The van der Waals surface area contributed by atoms with Crippen molar-refractivity contribution in [3.8, 4) is 11.3 Å². The second kappa shape index (κ2) is 8.73. The van der Waals surface area contributed by atoms with Crippen LogP contribution >= 0.6 is 0 Å². The molecule has 1 aliphatic heterocycles. The van der Waals surface area contributed by atoms with Crippen LogP contribution in [0.2, 0.25) is 0 Å². The Morgan fingerprint density at radius 2 is 1.59 bits per heavy atom. The highest BCUT2D eigenvalue weighted by Crippen LogP contribution is 2.24. The van der Waals surface area contributed by atoms with E-state index in [2.05, 4.69) is 9.97 Å². The molecule has 0 aliphatic carbocycles. The molecule has 0 bridgehead atoms. The topological polar surface area (TPSA) is 70.8 Å². The monoisotopic (exact) mass is 487 g/mol. The summed E-state index contributed by atoms with van der Waals surface area (Å²) < 4.78 is 69.4. The molecule has 2 aromatic carbocycles. The van der Waals surface area contributed by atoms with Crippen LogP contribution in [0.1, 0.15) is 6.42 Å². The van der Waals surface area contributed by atoms with Crippen molar-refractivity contribution in [3.63, 3.8) is 0 Å². The molecule has 1 aliphatic rings. The Balaban J connectivity index is 1.36. The number of fused-ring (bicyclic) bond motifs is 1. The van der Waals surface area contributed by atoms with Gasteiger partial charge >= 0.3 is 0 Å². The number of hydrogen-bond donors (Lipinski definition) is 0. The third-order valence-corrected chi connectivity index (χ3v) is 7.67. The average molecular weight is 488 g/mol. The first-order valence-corrected chi connectivity index (χ1v) is 12.1. The van der Waals surface area contributed by atoms with Crippen molar-refractivity contribution in [1.29, 1.82) is 0 Å². The van der Waals surface area contributed by atoms with Crippen molar-refractivity contribution < 1.29 is 21.6 Å². The van der Waals surface area contributed by atoms with Gasteiger partial charge in [0, 0.05) is 50.2 Å². The van der Waals surface area contributed by atoms with Crippen LogP contribution in [0.25, 0.3) is 17.0 Å². The van der Waals surface area contributed by atoms with E-state index in [9.17, 15) is 21.6 Å². The Kier molecular flexibility index (Phi) is 5.74. The molecule has 3 heterocycles. The van der Waals surface area contributed by atoms with Crippen molar-refractivity contribution in [2.75, 3.05) is 31.1 Å².